The first-order chi connectivity index (χ1) is 9.43. The Hall–Kier alpha value is -0.120. The lowest BCUT2D eigenvalue weighted by Gasteiger charge is -2.39. The van der Waals surface area contributed by atoms with Gasteiger partial charge in [-0.15, -0.1) is 22.9 Å². The van der Waals surface area contributed by atoms with Gasteiger partial charge in [0.2, 0.25) is 0 Å². The summed E-state index contributed by atoms with van der Waals surface area (Å²) in [6.07, 6.45) is 5.10. The minimum atomic E-state index is 0.128. The van der Waals surface area contributed by atoms with Crippen molar-refractivity contribution in [3.63, 3.8) is 0 Å². The fraction of sp³-hybridized carbons (Fsp3) is 0.812. The monoisotopic (exact) mass is 315 g/mol. The third kappa shape index (κ3) is 4.19. The predicted octanol–water partition coefficient (Wildman–Crippen LogP) is 5.56. The molecule has 1 heterocycles. The van der Waals surface area contributed by atoms with Crippen LogP contribution in [-0.2, 0) is 10.6 Å². The summed E-state index contributed by atoms with van der Waals surface area (Å²) in [6.45, 7) is 9.22. The van der Waals surface area contributed by atoms with Gasteiger partial charge in [0.15, 0.2) is 0 Å². The molecule has 1 aromatic heterocycles. The molecule has 0 N–H and O–H groups in total. The Morgan fingerprint density at radius 2 is 2.25 bits per heavy atom. The molecule has 0 saturated heterocycles. The summed E-state index contributed by atoms with van der Waals surface area (Å²) < 4.78 is 6.40. The second-order valence-corrected chi connectivity index (χ2v) is 8.04. The molecule has 2 rings (SSSR count). The van der Waals surface area contributed by atoms with E-state index in [4.69, 9.17) is 16.3 Å². The maximum Gasteiger partial charge on any atom is 0.122 e. The molecule has 0 aromatic carbocycles. The maximum absolute atomic E-state index is 6.40. The van der Waals surface area contributed by atoms with Gasteiger partial charge < -0.3 is 4.74 Å². The van der Waals surface area contributed by atoms with Crippen molar-refractivity contribution in [2.75, 3.05) is 0 Å². The number of aromatic nitrogens is 1. The Morgan fingerprint density at radius 1 is 1.50 bits per heavy atom. The lowest BCUT2D eigenvalue weighted by molar-refractivity contribution is -0.0682. The molecular weight excluding hydrogens is 290 g/mol. The first-order valence-electron chi connectivity index (χ1n) is 7.59. The summed E-state index contributed by atoms with van der Waals surface area (Å²) >= 11 is 7.52. The molecule has 1 aliphatic carbocycles. The van der Waals surface area contributed by atoms with Crippen LogP contribution >= 0.6 is 22.9 Å². The topological polar surface area (TPSA) is 22.1 Å². The van der Waals surface area contributed by atoms with Gasteiger partial charge in [-0.05, 0) is 37.0 Å². The van der Waals surface area contributed by atoms with E-state index in [2.05, 4.69) is 32.7 Å². The van der Waals surface area contributed by atoms with Gasteiger partial charge in [0.05, 0.1) is 17.7 Å². The van der Waals surface area contributed by atoms with Crippen molar-refractivity contribution in [3.8, 4) is 0 Å². The van der Waals surface area contributed by atoms with E-state index in [0.29, 0.717) is 17.4 Å². The zero-order chi connectivity index (χ0) is 14.8. The second-order valence-electron chi connectivity index (χ2n) is 6.88. The quantitative estimate of drug-likeness (QED) is 0.663. The van der Waals surface area contributed by atoms with Crippen molar-refractivity contribution >= 4 is 22.9 Å². The first-order valence-corrected chi connectivity index (χ1v) is 9.00. The van der Waals surface area contributed by atoms with Crippen LogP contribution in [0.3, 0.4) is 0 Å². The highest BCUT2D eigenvalue weighted by Gasteiger charge is 2.34. The number of thiazole rings is 1. The Morgan fingerprint density at radius 3 is 2.80 bits per heavy atom. The fourth-order valence-electron chi connectivity index (χ4n) is 3.46. The zero-order valence-corrected chi connectivity index (χ0v) is 14.6. The highest BCUT2D eigenvalue weighted by atomic mass is 35.5. The van der Waals surface area contributed by atoms with Gasteiger partial charge in [0.1, 0.15) is 11.1 Å². The van der Waals surface area contributed by atoms with Crippen LogP contribution in [0.15, 0.2) is 5.38 Å². The summed E-state index contributed by atoms with van der Waals surface area (Å²) in [4.78, 5) is 4.58. The van der Waals surface area contributed by atoms with Crippen molar-refractivity contribution in [1.29, 1.82) is 0 Å². The predicted molar refractivity (Wildman–Crippen MR) is 86.4 cm³/mol. The van der Waals surface area contributed by atoms with E-state index in [1.54, 1.807) is 11.3 Å². The molecular formula is C16H26ClNOS. The van der Waals surface area contributed by atoms with E-state index in [1.165, 1.54) is 12.8 Å². The molecule has 0 spiro atoms. The van der Waals surface area contributed by atoms with Crippen LogP contribution < -0.4 is 0 Å². The van der Waals surface area contributed by atoms with Crippen molar-refractivity contribution in [2.24, 2.45) is 11.3 Å². The zero-order valence-electron chi connectivity index (χ0n) is 13.0. The van der Waals surface area contributed by atoms with Gasteiger partial charge >= 0.3 is 0 Å². The van der Waals surface area contributed by atoms with Crippen LogP contribution in [0.1, 0.15) is 70.2 Å². The fourth-order valence-corrected chi connectivity index (χ4v) is 4.62. The number of hydrogen-bond donors (Lipinski definition) is 0. The highest BCUT2D eigenvalue weighted by Crippen LogP contribution is 2.41. The summed E-state index contributed by atoms with van der Waals surface area (Å²) in [7, 11) is 0. The lowest BCUT2D eigenvalue weighted by Crippen LogP contribution is -2.33. The van der Waals surface area contributed by atoms with E-state index in [-0.39, 0.29) is 6.10 Å². The van der Waals surface area contributed by atoms with Crippen molar-refractivity contribution in [2.45, 2.75) is 71.5 Å². The molecule has 114 valence electrons. The van der Waals surface area contributed by atoms with Gasteiger partial charge in [-0.2, -0.15) is 0 Å². The Kier molecular flexibility index (Phi) is 5.49. The minimum Gasteiger partial charge on any atom is -0.368 e. The second kappa shape index (κ2) is 6.76. The summed E-state index contributed by atoms with van der Waals surface area (Å²) in [6, 6.07) is 0. The van der Waals surface area contributed by atoms with Crippen LogP contribution in [0.5, 0.6) is 0 Å². The molecule has 2 nitrogen and oxygen atoms in total. The standard InChI is InChI=1S/C16H26ClNOS/c1-5-14(15-18-12(9-17)10-20-15)19-13-6-11(2)7-16(3,4)8-13/h10-11,13-14H,5-9H2,1-4H3. The molecule has 0 bridgehead atoms. The van der Waals surface area contributed by atoms with Gasteiger partial charge in [0, 0.05) is 5.38 Å². The largest absolute Gasteiger partial charge is 0.368 e. The molecule has 1 saturated carbocycles. The average Bonchev–Trinajstić information content (AvgIpc) is 2.82. The number of alkyl halides is 1. The first kappa shape index (κ1) is 16.3. The van der Waals surface area contributed by atoms with E-state index in [1.807, 2.05) is 5.38 Å². The van der Waals surface area contributed by atoms with E-state index >= 15 is 0 Å². The van der Waals surface area contributed by atoms with Gasteiger partial charge in [0.25, 0.3) is 0 Å². The van der Waals surface area contributed by atoms with Crippen LogP contribution in [-0.4, -0.2) is 11.1 Å². The molecule has 1 aromatic rings. The molecule has 20 heavy (non-hydrogen) atoms. The number of hydrogen-bond acceptors (Lipinski definition) is 3. The Labute approximate surface area is 131 Å². The van der Waals surface area contributed by atoms with Gasteiger partial charge in [-0.25, -0.2) is 4.98 Å². The molecule has 0 aliphatic heterocycles. The van der Waals surface area contributed by atoms with E-state index in [9.17, 15) is 0 Å². The number of nitrogens with zero attached hydrogens (tertiary/aromatic N) is 1. The van der Waals surface area contributed by atoms with E-state index < -0.39 is 0 Å². The van der Waals surface area contributed by atoms with Crippen LogP contribution in [0.4, 0.5) is 0 Å². The molecule has 0 amide bonds. The minimum absolute atomic E-state index is 0.128. The highest BCUT2D eigenvalue weighted by molar-refractivity contribution is 7.09. The average molecular weight is 316 g/mol. The van der Waals surface area contributed by atoms with Crippen LogP contribution in [0, 0.1) is 11.3 Å². The number of rotatable bonds is 5. The number of ether oxygens (including phenoxy) is 1. The maximum atomic E-state index is 6.40. The van der Waals surface area contributed by atoms with Gasteiger partial charge in [-0.3, -0.25) is 0 Å². The molecule has 1 aliphatic rings. The van der Waals surface area contributed by atoms with Crippen LogP contribution in [0.2, 0.25) is 0 Å². The smallest absolute Gasteiger partial charge is 0.122 e. The molecule has 3 unspecified atom stereocenters. The van der Waals surface area contributed by atoms with Crippen molar-refractivity contribution in [1.82, 2.24) is 4.98 Å². The SMILES string of the molecule is CCC(OC1CC(C)CC(C)(C)C1)c1nc(CCl)cs1. The third-order valence-electron chi connectivity index (χ3n) is 4.06. The third-order valence-corrected chi connectivity index (χ3v) is 5.32. The number of halogens is 1. The molecule has 3 atom stereocenters. The normalized spacial score (nSPS) is 27.4. The van der Waals surface area contributed by atoms with E-state index in [0.717, 1.165) is 29.5 Å². The summed E-state index contributed by atoms with van der Waals surface area (Å²) in [5.74, 6) is 1.23. The van der Waals surface area contributed by atoms with Gasteiger partial charge in [-0.1, -0.05) is 27.7 Å². The van der Waals surface area contributed by atoms with Crippen LogP contribution in [0.25, 0.3) is 0 Å². The summed E-state index contributed by atoms with van der Waals surface area (Å²) in [5.41, 5.74) is 1.36. The van der Waals surface area contributed by atoms with Crippen molar-refractivity contribution < 1.29 is 4.74 Å². The molecule has 1 fully saturated rings. The molecule has 0 radical (unpaired) electrons. The Balaban J connectivity index is 2.02. The molecule has 4 heteroatoms. The Bertz CT molecular complexity index is 432. The summed E-state index contributed by atoms with van der Waals surface area (Å²) in [5, 5.41) is 3.13. The lowest BCUT2D eigenvalue weighted by atomic mass is 9.71. The van der Waals surface area contributed by atoms with Crippen molar-refractivity contribution in [3.05, 3.63) is 16.1 Å².